The van der Waals surface area contributed by atoms with E-state index in [9.17, 15) is 14.7 Å². The molecule has 3 N–H and O–H groups in total. The predicted molar refractivity (Wildman–Crippen MR) is 134 cm³/mol. The smallest absolute Gasteiger partial charge is 0.221 e. The molecular formula is C20H25Br2IN2O4. The largest absolute Gasteiger partial charge is 0.507 e. The number of aromatic hydroxyl groups is 1. The van der Waals surface area contributed by atoms with Crippen LogP contribution < -0.4 is 15.4 Å². The van der Waals surface area contributed by atoms with Crippen LogP contribution in [0.4, 0.5) is 11.4 Å². The van der Waals surface area contributed by atoms with Crippen molar-refractivity contribution in [1.82, 2.24) is 0 Å². The Morgan fingerprint density at radius 3 is 1.83 bits per heavy atom. The van der Waals surface area contributed by atoms with Crippen molar-refractivity contribution < 1.29 is 19.4 Å². The molecule has 0 atom stereocenters. The van der Waals surface area contributed by atoms with Crippen LogP contribution in [-0.2, 0) is 9.59 Å². The second-order valence-corrected chi connectivity index (χ2v) is 8.61. The minimum Gasteiger partial charge on any atom is -0.507 e. The average molecular weight is 644 g/mol. The molecule has 2 aromatic carbocycles. The van der Waals surface area contributed by atoms with Crippen molar-refractivity contribution in [2.75, 3.05) is 21.7 Å². The maximum Gasteiger partial charge on any atom is 0.221 e. The van der Waals surface area contributed by atoms with E-state index >= 15 is 0 Å². The number of carbonyl (C=O) groups excluding carboxylic acids is 2. The van der Waals surface area contributed by atoms with E-state index in [0.29, 0.717) is 16.8 Å². The number of anilines is 2. The number of phenolic OH excluding ortho intramolecular Hbond substituents is 1. The zero-order valence-corrected chi connectivity index (χ0v) is 22.0. The van der Waals surface area contributed by atoms with Crippen LogP contribution in [0.25, 0.3) is 0 Å². The minimum absolute atomic E-state index is 0.0882. The summed E-state index contributed by atoms with van der Waals surface area (Å²) in [5.74, 6) is 0.603. The molecule has 0 bridgehead atoms. The molecule has 2 aromatic rings. The Kier molecular flexibility index (Phi) is 14.8. The van der Waals surface area contributed by atoms with Crippen LogP contribution in [0.3, 0.4) is 0 Å². The van der Waals surface area contributed by atoms with Gasteiger partial charge in [-0.2, -0.15) is 0 Å². The molecule has 0 aliphatic heterocycles. The van der Waals surface area contributed by atoms with E-state index in [1.165, 1.54) is 24.3 Å². The molecule has 0 saturated carbocycles. The molecule has 0 heterocycles. The summed E-state index contributed by atoms with van der Waals surface area (Å²) >= 11 is 8.78. The average Bonchev–Trinajstić information content (AvgIpc) is 2.62. The number of benzene rings is 2. The molecule has 6 nitrogen and oxygen atoms in total. The predicted octanol–water partition coefficient (Wildman–Crippen LogP) is 6.36. The summed E-state index contributed by atoms with van der Waals surface area (Å²) in [5, 5.41) is 14.5. The summed E-state index contributed by atoms with van der Waals surface area (Å²) in [6, 6.07) is 10.3. The molecule has 0 radical (unpaired) electrons. The van der Waals surface area contributed by atoms with Crippen molar-refractivity contribution in [1.29, 1.82) is 0 Å². The molecule has 160 valence electrons. The lowest BCUT2D eigenvalue weighted by molar-refractivity contribution is -0.115. The summed E-state index contributed by atoms with van der Waals surface area (Å²) in [4.78, 5) is 21.4. The highest BCUT2D eigenvalue weighted by molar-refractivity contribution is 14.1. The molecule has 0 spiro atoms. The zero-order valence-electron chi connectivity index (χ0n) is 16.7. The first kappa shape index (κ1) is 27.7. The summed E-state index contributed by atoms with van der Waals surface area (Å²) in [5.41, 5.74) is 1.33. The first-order valence-electron chi connectivity index (χ1n) is 8.66. The molecule has 2 amide bonds. The summed E-state index contributed by atoms with van der Waals surface area (Å²) in [6.45, 7) is 7.52. The minimum atomic E-state index is -0.156. The number of phenols is 1. The highest BCUT2D eigenvalue weighted by atomic mass is 127. The van der Waals surface area contributed by atoms with Gasteiger partial charge in [0.15, 0.2) is 0 Å². The normalized spacial score (nSPS) is 9.21. The lowest BCUT2D eigenvalue weighted by Crippen LogP contribution is -2.05. The van der Waals surface area contributed by atoms with Crippen LogP contribution in [0.2, 0.25) is 0 Å². The van der Waals surface area contributed by atoms with Crippen LogP contribution in [0.1, 0.15) is 27.7 Å². The Morgan fingerprint density at radius 2 is 1.41 bits per heavy atom. The van der Waals surface area contributed by atoms with Crippen molar-refractivity contribution in [3.63, 3.8) is 0 Å². The summed E-state index contributed by atoms with van der Waals surface area (Å²) in [6.07, 6.45) is 0. The number of carbonyl (C=O) groups is 2. The van der Waals surface area contributed by atoms with Crippen LogP contribution in [0.15, 0.2) is 45.3 Å². The first-order chi connectivity index (χ1) is 13.6. The fourth-order valence-corrected chi connectivity index (χ4v) is 2.45. The Hall–Kier alpha value is -1.33. The monoisotopic (exact) mass is 642 g/mol. The first-order valence-corrected chi connectivity index (χ1v) is 11.8. The van der Waals surface area contributed by atoms with Gasteiger partial charge in [-0.05, 0) is 67.5 Å². The lowest BCUT2D eigenvalue weighted by atomic mass is 10.3. The number of hydrogen-bond donors (Lipinski definition) is 3. The van der Waals surface area contributed by atoms with Gasteiger partial charge in [-0.1, -0.05) is 29.5 Å². The van der Waals surface area contributed by atoms with Crippen LogP contribution >= 0.6 is 54.5 Å². The van der Waals surface area contributed by atoms with Crippen molar-refractivity contribution in [2.24, 2.45) is 0 Å². The van der Waals surface area contributed by atoms with Gasteiger partial charge in [0.1, 0.15) is 11.5 Å². The van der Waals surface area contributed by atoms with E-state index in [2.05, 4.69) is 72.0 Å². The van der Waals surface area contributed by atoms with Gasteiger partial charge in [0, 0.05) is 37.4 Å². The fraction of sp³-hybridized carbons (Fsp3) is 0.300. The van der Waals surface area contributed by atoms with Crippen LogP contribution in [-0.4, -0.2) is 28.0 Å². The van der Waals surface area contributed by atoms with E-state index in [1.54, 1.807) is 18.2 Å². The van der Waals surface area contributed by atoms with Gasteiger partial charge in [-0.25, -0.2) is 0 Å². The van der Waals surface area contributed by atoms with E-state index in [4.69, 9.17) is 4.74 Å². The van der Waals surface area contributed by atoms with Crippen molar-refractivity contribution in [3.05, 3.63) is 45.3 Å². The maximum atomic E-state index is 10.8. The van der Waals surface area contributed by atoms with E-state index in [0.717, 1.165) is 15.9 Å². The molecule has 0 aliphatic carbocycles. The molecule has 0 aromatic heterocycles. The number of rotatable bonds is 4. The molecular weight excluding hydrogens is 619 g/mol. The van der Waals surface area contributed by atoms with Gasteiger partial charge < -0.3 is 20.5 Å². The van der Waals surface area contributed by atoms with E-state index < -0.39 is 0 Å². The highest BCUT2D eigenvalue weighted by Gasteiger charge is 2.03. The Morgan fingerprint density at radius 1 is 0.966 bits per heavy atom. The third-order valence-electron chi connectivity index (χ3n) is 2.82. The third kappa shape index (κ3) is 12.8. The van der Waals surface area contributed by atoms with Gasteiger partial charge in [0.25, 0.3) is 0 Å². The zero-order chi connectivity index (χ0) is 22.4. The fourth-order valence-electron chi connectivity index (χ4n) is 1.84. The Balaban J connectivity index is 0.000000481. The second kappa shape index (κ2) is 15.5. The lowest BCUT2D eigenvalue weighted by Gasteiger charge is -2.08. The van der Waals surface area contributed by atoms with Crippen LogP contribution in [0.5, 0.6) is 11.5 Å². The molecule has 0 unspecified atom stereocenters. The molecule has 0 fully saturated rings. The topological polar surface area (TPSA) is 87.7 Å². The van der Waals surface area contributed by atoms with Gasteiger partial charge in [0.2, 0.25) is 11.8 Å². The second-order valence-electron chi connectivity index (χ2n) is 5.37. The summed E-state index contributed by atoms with van der Waals surface area (Å²) in [7, 11) is 0. The molecule has 0 saturated heterocycles. The Bertz CT molecular complexity index is 804. The molecule has 9 heteroatoms. The van der Waals surface area contributed by atoms with Crippen molar-refractivity contribution >= 4 is 77.6 Å². The molecule has 29 heavy (non-hydrogen) atoms. The van der Waals surface area contributed by atoms with Gasteiger partial charge in [0.05, 0.1) is 15.6 Å². The number of nitrogens with one attached hydrogen (secondary N) is 2. The maximum absolute atomic E-state index is 10.8. The van der Waals surface area contributed by atoms with Crippen LogP contribution in [0, 0.1) is 0 Å². The van der Waals surface area contributed by atoms with Gasteiger partial charge in [-0.15, -0.1) is 0 Å². The highest BCUT2D eigenvalue weighted by Crippen LogP contribution is 2.28. The van der Waals surface area contributed by atoms with Gasteiger partial charge >= 0.3 is 0 Å². The van der Waals surface area contributed by atoms with E-state index in [1.807, 2.05) is 19.1 Å². The number of hydrogen-bond acceptors (Lipinski definition) is 4. The number of halogens is 3. The quantitative estimate of drug-likeness (QED) is 0.267. The SMILES string of the molecule is CC(=O)Nc1ccc(Br)c(O)c1.CCI.CCOc1cc(NC(C)=O)ccc1Br. The number of alkyl halides is 1. The molecule has 2 rings (SSSR count). The summed E-state index contributed by atoms with van der Waals surface area (Å²) < 4.78 is 8.07. The van der Waals surface area contributed by atoms with Crippen molar-refractivity contribution in [3.8, 4) is 11.5 Å². The van der Waals surface area contributed by atoms with Gasteiger partial charge in [-0.3, -0.25) is 9.59 Å². The van der Waals surface area contributed by atoms with Crippen molar-refractivity contribution in [2.45, 2.75) is 27.7 Å². The number of amides is 2. The van der Waals surface area contributed by atoms with E-state index in [-0.39, 0.29) is 17.6 Å². The molecule has 0 aliphatic rings. The third-order valence-corrected chi connectivity index (χ3v) is 4.14. The standard InChI is InChI=1S/C10H12BrNO2.C8H8BrNO2.C2H5I/c1-3-14-10-6-8(12-7(2)13)4-5-9(10)11;1-5(11)10-6-2-3-7(9)8(12)4-6;1-2-3/h4-6H,3H2,1-2H3,(H,12,13);2-4,12H,1H3,(H,10,11);2H2,1H3. The Labute approximate surface area is 202 Å². The number of ether oxygens (including phenoxy) is 1.